The number of piperidine rings is 1. The SMILES string of the molecule is CC(C)(C)OC(=O)N1CCC[C@@H](CCOCc2ccc(Cl)nn2)C1. The van der Waals surface area contributed by atoms with Gasteiger partial charge in [0.25, 0.3) is 0 Å². The van der Waals surface area contributed by atoms with Crippen LogP contribution in [0.25, 0.3) is 0 Å². The van der Waals surface area contributed by atoms with Gasteiger partial charge in [-0.1, -0.05) is 11.6 Å². The zero-order valence-electron chi connectivity index (χ0n) is 14.6. The smallest absolute Gasteiger partial charge is 0.410 e. The lowest BCUT2D eigenvalue weighted by Gasteiger charge is -2.34. The molecular weight excluding hydrogens is 330 g/mol. The third kappa shape index (κ3) is 6.61. The summed E-state index contributed by atoms with van der Waals surface area (Å²) in [7, 11) is 0. The summed E-state index contributed by atoms with van der Waals surface area (Å²) in [4.78, 5) is 14.0. The van der Waals surface area contributed by atoms with Crippen molar-refractivity contribution in [3.05, 3.63) is 23.0 Å². The molecule has 0 aliphatic carbocycles. The molecule has 1 amide bonds. The van der Waals surface area contributed by atoms with Gasteiger partial charge in [-0.05, 0) is 58.1 Å². The lowest BCUT2D eigenvalue weighted by molar-refractivity contribution is 0.0135. The van der Waals surface area contributed by atoms with Crippen LogP contribution in [-0.4, -0.2) is 46.5 Å². The molecule has 134 valence electrons. The minimum atomic E-state index is -0.452. The maximum absolute atomic E-state index is 12.1. The standard InChI is InChI=1S/C17H26ClN3O3/c1-17(2,3)24-16(22)21-9-4-5-13(11-21)8-10-23-12-14-6-7-15(18)20-19-14/h6-7,13H,4-5,8-12H2,1-3H3/t13-/m0/s1. The molecule has 6 nitrogen and oxygen atoms in total. The summed E-state index contributed by atoms with van der Waals surface area (Å²) in [5, 5.41) is 8.12. The normalized spacial score (nSPS) is 18.5. The first-order valence-corrected chi connectivity index (χ1v) is 8.75. The Hall–Kier alpha value is -1.40. The van der Waals surface area contributed by atoms with Gasteiger partial charge in [0.05, 0.1) is 12.3 Å². The Morgan fingerprint density at radius 3 is 2.83 bits per heavy atom. The molecule has 0 unspecified atom stereocenters. The minimum absolute atomic E-state index is 0.218. The van der Waals surface area contributed by atoms with E-state index in [1.165, 1.54) is 0 Å². The number of nitrogens with zero attached hydrogens (tertiary/aromatic N) is 3. The van der Waals surface area contributed by atoms with Crippen molar-refractivity contribution in [2.75, 3.05) is 19.7 Å². The number of halogens is 1. The van der Waals surface area contributed by atoms with Crippen LogP contribution in [0, 0.1) is 5.92 Å². The third-order valence-electron chi connectivity index (χ3n) is 3.78. The van der Waals surface area contributed by atoms with Gasteiger partial charge in [-0.2, -0.15) is 5.10 Å². The van der Waals surface area contributed by atoms with Crippen LogP contribution in [-0.2, 0) is 16.1 Å². The van der Waals surface area contributed by atoms with E-state index in [2.05, 4.69) is 10.2 Å². The molecule has 2 heterocycles. The Balaban J connectivity index is 1.69. The maximum Gasteiger partial charge on any atom is 0.410 e. The summed E-state index contributed by atoms with van der Waals surface area (Å²) >= 11 is 5.70. The fourth-order valence-corrected chi connectivity index (χ4v) is 2.74. The maximum atomic E-state index is 12.1. The lowest BCUT2D eigenvalue weighted by atomic mass is 9.95. The van der Waals surface area contributed by atoms with Crippen LogP contribution in [0.2, 0.25) is 5.15 Å². The largest absolute Gasteiger partial charge is 0.444 e. The number of amides is 1. The summed E-state index contributed by atoms with van der Waals surface area (Å²) in [5.74, 6) is 0.447. The fourth-order valence-electron chi connectivity index (χ4n) is 2.64. The fraction of sp³-hybridized carbons (Fsp3) is 0.706. The van der Waals surface area contributed by atoms with Crippen LogP contribution >= 0.6 is 11.6 Å². The highest BCUT2D eigenvalue weighted by Crippen LogP contribution is 2.21. The molecule has 1 saturated heterocycles. The van der Waals surface area contributed by atoms with Crippen molar-refractivity contribution in [1.29, 1.82) is 0 Å². The first-order valence-electron chi connectivity index (χ1n) is 8.37. The van der Waals surface area contributed by atoms with Gasteiger partial charge >= 0.3 is 6.09 Å². The first kappa shape index (κ1) is 18.9. The van der Waals surface area contributed by atoms with Crippen LogP contribution in [0.1, 0.15) is 45.7 Å². The van der Waals surface area contributed by atoms with Crippen molar-refractivity contribution in [3.8, 4) is 0 Å². The van der Waals surface area contributed by atoms with Crippen LogP contribution < -0.4 is 0 Å². The molecule has 1 atom stereocenters. The number of ether oxygens (including phenoxy) is 2. The Morgan fingerprint density at radius 2 is 2.17 bits per heavy atom. The molecule has 0 radical (unpaired) electrons. The molecule has 0 spiro atoms. The second kappa shape index (κ2) is 8.62. The number of likely N-dealkylation sites (tertiary alicyclic amines) is 1. The molecule has 24 heavy (non-hydrogen) atoms. The summed E-state index contributed by atoms with van der Waals surface area (Å²) in [6, 6.07) is 3.51. The van der Waals surface area contributed by atoms with Gasteiger partial charge in [0, 0.05) is 19.7 Å². The molecule has 0 N–H and O–H groups in total. The Kier molecular flexibility index (Phi) is 6.80. The molecule has 2 rings (SSSR count). The zero-order valence-corrected chi connectivity index (χ0v) is 15.4. The molecule has 0 bridgehead atoms. The molecule has 7 heteroatoms. The summed E-state index contributed by atoms with van der Waals surface area (Å²) < 4.78 is 11.1. The second-order valence-corrected chi connectivity index (χ2v) is 7.51. The average Bonchev–Trinajstić information content (AvgIpc) is 2.52. The van der Waals surface area contributed by atoms with Gasteiger partial charge in [-0.25, -0.2) is 4.79 Å². The highest BCUT2D eigenvalue weighted by Gasteiger charge is 2.27. The van der Waals surface area contributed by atoms with Gasteiger partial charge in [0.15, 0.2) is 5.15 Å². The van der Waals surface area contributed by atoms with E-state index in [-0.39, 0.29) is 6.09 Å². The molecule has 1 aliphatic heterocycles. The minimum Gasteiger partial charge on any atom is -0.444 e. The van der Waals surface area contributed by atoms with E-state index in [9.17, 15) is 4.79 Å². The summed E-state index contributed by atoms with van der Waals surface area (Å²) in [6.45, 7) is 8.23. The number of hydrogen-bond acceptors (Lipinski definition) is 5. The highest BCUT2D eigenvalue weighted by molar-refractivity contribution is 6.29. The van der Waals surface area contributed by atoms with Crippen LogP contribution in [0.3, 0.4) is 0 Å². The van der Waals surface area contributed by atoms with Crippen molar-refractivity contribution in [3.63, 3.8) is 0 Å². The number of rotatable bonds is 5. The number of carbonyl (C=O) groups is 1. The Bertz CT molecular complexity index is 531. The van der Waals surface area contributed by atoms with E-state index in [1.54, 1.807) is 12.1 Å². The average molecular weight is 356 g/mol. The van der Waals surface area contributed by atoms with Crippen LogP contribution in [0.5, 0.6) is 0 Å². The van der Waals surface area contributed by atoms with Crippen molar-refractivity contribution in [2.45, 2.75) is 52.2 Å². The Morgan fingerprint density at radius 1 is 1.38 bits per heavy atom. The van der Waals surface area contributed by atoms with Gasteiger partial charge < -0.3 is 14.4 Å². The number of aromatic nitrogens is 2. The molecule has 1 fully saturated rings. The lowest BCUT2D eigenvalue weighted by Crippen LogP contribution is -2.43. The van der Waals surface area contributed by atoms with Gasteiger partial charge in [0.2, 0.25) is 0 Å². The van der Waals surface area contributed by atoms with Crippen molar-refractivity contribution >= 4 is 17.7 Å². The van der Waals surface area contributed by atoms with Crippen LogP contribution in [0.15, 0.2) is 12.1 Å². The van der Waals surface area contributed by atoms with Crippen molar-refractivity contribution in [2.24, 2.45) is 5.92 Å². The Labute approximate surface area is 148 Å². The monoisotopic (exact) mass is 355 g/mol. The molecule has 0 saturated carbocycles. The molecular formula is C17H26ClN3O3. The highest BCUT2D eigenvalue weighted by atomic mass is 35.5. The molecule has 1 aliphatic rings. The van der Waals surface area contributed by atoms with E-state index in [0.29, 0.717) is 24.3 Å². The van der Waals surface area contributed by atoms with Crippen LogP contribution in [0.4, 0.5) is 4.79 Å². The van der Waals surface area contributed by atoms with E-state index in [1.807, 2.05) is 25.7 Å². The predicted octanol–water partition coefficient (Wildman–Crippen LogP) is 3.68. The van der Waals surface area contributed by atoms with E-state index in [0.717, 1.165) is 38.0 Å². The van der Waals surface area contributed by atoms with E-state index < -0.39 is 5.60 Å². The van der Waals surface area contributed by atoms with Crippen molar-refractivity contribution in [1.82, 2.24) is 15.1 Å². The van der Waals surface area contributed by atoms with E-state index >= 15 is 0 Å². The summed E-state index contributed by atoms with van der Waals surface area (Å²) in [5.41, 5.74) is 0.311. The van der Waals surface area contributed by atoms with E-state index in [4.69, 9.17) is 21.1 Å². The van der Waals surface area contributed by atoms with Gasteiger partial charge in [0.1, 0.15) is 5.60 Å². The molecule has 1 aromatic heterocycles. The quantitative estimate of drug-likeness (QED) is 0.754. The van der Waals surface area contributed by atoms with Gasteiger partial charge in [-0.3, -0.25) is 0 Å². The predicted molar refractivity (Wildman–Crippen MR) is 91.8 cm³/mol. The van der Waals surface area contributed by atoms with Gasteiger partial charge in [-0.15, -0.1) is 5.10 Å². The first-order chi connectivity index (χ1) is 11.3. The second-order valence-electron chi connectivity index (χ2n) is 7.12. The van der Waals surface area contributed by atoms with Crippen molar-refractivity contribution < 1.29 is 14.3 Å². The summed E-state index contributed by atoms with van der Waals surface area (Å²) in [6.07, 6.45) is 2.82. The number of hydrogen-bond donors (Lipinski definition) is 0. The molecule has 1 aromatic rings. The molecule has 0 aromatic carbocycles. The zero-order chi connectivity index (χ0) is 17.6. The third-order valence-corrected chi connectivity index (χ3v) is 3.98. The number of carbonyl (C=O) groups excluding carboxylic acids is 1. The topological polar surface area (TPSA) is 64.5 Å².